The Morgan fingerprint density at radius 2 is 1.95 bits per heavy atom. The molecule has 0 saturated carbocycles. The quantitative estimate of drug-likeness (QED) is 0.399. The summed E-state index contributed by atoms with van der Waals surface area (Å²) in [6.07, 6.45) is 3.40. The van der Waals surface area contributed by atoms with Gasteiger partial charge in [0.25, 0.3) is 5.91 Å². The van der Waals surface area contributed by atoms with Crippen molar-refractivity contribution < 1.29 is 9.21 Å². The normalized spacial score (nSPS) is 11.2. The smallest absolute Gasteiger partial charge is 0.287 e. The number of carbonyl (C=O) groups excluding carboxylic acids is 1. The summed E-state index contributed by atoms with van der Waals surface area (Å²) in [5.74, 6) is 1.01. The maximum atomic E-state index is 11.8. The summed E-state index contributed by atoms with van der Waals surface area (Å²) in [5, 5.41) is 9.20. The number of amides is 1. The van der Waals surface area contributed by atoms with Gasteiger partial charge < -0.3 is 20.4 Å². The van der Waals surface area contributed by atoms with Crippen LogP contribution >= 0.6 is 0 Å². The van der Waals surface area contributed by atoms with Crippen LogP contribution in [-0.4, -0.2) is 38.5 Å². The molecule has 0 unspecified atom stereocenters. The van der Waals surface area contributed by atoms with E-state index in [1.807, 2.05) is 6.92 Å². The van der Waals surface area contributed by atoms with E-state index in [1.54, 1.807) is 13.1 Å². The largest absolute Gasteiger partial charge is 0.459 e. The maximum Gasteiger partial charge on any atom is 0.287 e. The minimum atomic E-state index is -0.166. The van der Waals surface area contributed by atoms with E-state index in [0.29, 0.717) is 12.3 Å². The highest BCUT2D eigenvalue weighted by atomic mass is 16.3. The Labute approximate surface area is 120 Å². The number of furan rings is 1. The fraction of sp³-hybridized carbons (Fsp3) is 0.571. The fourth-order valence-corrected chi connectivity index (χ4v) is 1.65. The highest BCUT2D eigenvalue weighted by molar-refractivity contribution is 5.92. The lowest BCUT2D eigenvalue weighted by Gasteiger charge is -2.11. The van der Waals surface area contributed by atoms with Crippen LogP contribution in [0.5, 0.6) is 0 Å². The summed E-state index contributed by atoms with van der Waals surface area (Å²) >= 11 is 0. The molecule has 0 aliphatic carbocycles. The number of carbonyl (C=O) groups is 1. The molecule has 0 spiro atoms. The number of nitrogens with one attached hydrogen (secondary N) is 3. The molecule has 0 radical (unpaired) electrons. The standard InChI is InChI=1S/C14H24N4O2/c1-4-7-17-14(15-3)18-9-5-8-16-13(19)12-11(2)6-10-20-12/h6,10H,4-5,7-9H2,1-3H3,(H,16,19)(H2,15,17,18). The molecule has 0 bridgehead atoms. The van der Waals surface area contributed by atoms with Gasteiger partial charge in [0.2, 0.25) is 0 Å². The number of rotatable bonds is 7. The fourth-order valence-electron chi connectivity index (χ4n) is 1.65. The zero-order valence-corrected chi connectivity index (χ0v) is 12.5. The first-order valence-electron chi connectivity index (χ1n) is 6.95. The predicted molar refractivity (Wildman–Crippen MR) is 80.1 cm³/mol. The van der Waals surface area contributed by atoms with Crippen LogP contribution in [0.15, 0.2) is 21.7 Å². The lowest BCUT2D eigenvalue weighted by Crippen LogP contribution is -2.39. The molecule has 0 saturated heterocycles. The molecule has 0 aliphatic heterocycles. The molecule has 1 heterocycles. The molecular formula is C14H24N4O2. The highest BCUT2D eigenvalue weighted by Gasteiger charge is 2.11. The average Bonchev–Trinajstić information content (AvgIpc) is 2.88. The summed E-state index contributed by atoms with van der Waals surface area (Å²) < 4.78 is 5.13. The van der Waals surface area contributed by atoms with Gasteiger partial charge in [-0.2, -0.15) is 0 Å². The van der Waals surface area contributed by atoms with Gasteiger partial charge in [0.05, 0.1) is 6.26 Å². The van der Waals surface area contributed by atoms with Crippen molar-refractivity contribution in [3.05, 3.63) is 23.7 Å². The number of aryl methyl sites for hydroxylation is 1. The molecule has 1 rings (SSSR count). The number of hydrogen-bond donors (Lipinski definition) is 3. The third-order valence-corrected chi connectivity index (χ3v) is 2.77. The monoisotopic (exact) mass is 280 g/mol. The minimum Gasteiger partial charge on any atom is -0.459 e. The minimum absolute atomic E-state index is 0.166. The van der Waals surface area contributed by atoms with Gasteiger partial charge in [0.15, 0.2) is 11.7 Å². The van der Waals surface area contributed by atoms with Crippen LogP contribution in [0.4, 0.5) is 0 Å². The second kappa shape index (κ2) is 9.01. The summed E-state index contributed by atoms with van der Waals surface area (Å²) in [6, 6.07) is 1.78. The van der Waals surface area contributed by atoms with E-state index in [0.717, 1.165) is 37.5 Å². The van der Waals surface area contributed by atoms with Crippen molar-refractivity contribution >= 4 is 11.9 Å². The van der Waals surface area contributed by atoms with Crippen molar-refractivity contribution in [2.75, 3.05) is 26.7 Å². The predicted octanol–water partition coefficient (Wildman–Crippen LogP) is 1.28. The number of guanidine groups is 1. The van der Waals surface area contributed by atoms with E-state index >= 15 is 0 Å². The summed E-state index contributed by atoms with van der Waals surface area (Å²) in [5.41, 5.74) is 0.852. The Balaban J connectivity index is 2.16. The molecule has 0 fully saturated rings. The Hall–Kier alpha value is -1.98. The van der Waals surface area contributed by atoms with E-state index < -0.39 is 0 Å². The van der Waals surface area contributed by atoms with Crippen LogP contribution < -0.4 is 16.0 Å². The second-order valence-corrected chi connectivity index (χ2v) is 4.47. The molecule has 1 aromatic rings. The van der Waals surface area contributed by atoms with E-state index in [9.17, 15) is 4.79 Å². The van der Waals surface area contributed by atoms with Gasteiger partial charge in [-0.1, -0.05) is 6.92 Å². The van der Waals surface area contributed by atoms with E-state index in [4.69, 9.17) is 4.42 Å². The van der Waals surface area contributed by atoms with Crippen molar-refractivity contribution in [3.8, 4) is 0 Å². The lowest BCUT2D eigenvalue weighted by atomic mass is 10.2. The molecule has 1 aromatic heterocycles. The second-order valence-electron chi connectivity index (χ2n) is 4.47. The van der Waals surface area contributed by atoms with Gasteiger partial charge in [0, 0.05) is 32.2 Å². The van der Waals surface area contributed by atoms with Gasteiger partial charge in [-0.25, -0.2) is 0 Å². The number of aliphatic imine (C=N–C) groups is 1. The number of nitrogens with zero attached hydrogens (tertiary/aromatic N) is 1. The molecule has 6 heteroatoms. The van der Waals surface area contributed by atoms with Gasteiger partial charge in [-0.3, -0.25) is 9.79 Å². The van der Waals surface area contributed by atoms with Crippen molar-refractivity contribution in [3.63, 3.8) is 0 Å². The molecule has 20 heavy (non-hydrogen) atoms. The van der Waals surface area contributed by atoms with Gasteiger partial charge in [-0.15, -0.1) is 0 Å². The summed E-state index contributed by atoms with van der Waals surface area (Å²) in [6.45, 7) is 6.20. The summed E-state index contributed by atoms with van der Waals surface area (Å²) in [4.78, 5) is 15.9. The van der Waals surface area contributed by atoms with Crippen LogP contribution in [0.3, 0.4) is 0 Å². The Kier molecular flexibility index (Phi) is 7.24. The molecule has 3 N–H and O–H groups in total. The lowest BCUT2D eigenvalue weighted by molar-refractivity contribution is 0.0925. The molecule has 0 atom stereocenters. The van der Waals surface area contributed by atoms with Crippen LogP contribution in [0.2, 0.25) is 0 Å². The molecule has 0 aliphatic rings. The Bertz CT molecular complexity index is 440. The SMILES string of the molecule is CCCNC(=NC)NCCCNC(=O)c1occc1C. The summed E-state index contributed by atoms with van der Waals surface area (Å²) in [7, 11) is 1.74. The molecule has 112 valence electrons. The Morgan fingerprint density at radius 1 is 1.25 bits per heavy atom. The van der Waals surface area contributed by atoms with Crippen molar-refractivity contribution in [2.45, 2.75) is 26.7 Å². The Morgan fingerprint density at radius 3 is 2.55 bits per heavy atom. The first-order chi connectivity index (χ1) is 9.69. The third-order valence-electron chi connectivity index (χ3n) is 2.77. The maximum absolute atomic E-state index is 11.8. The third kappa shape index (κ3) is 5.34. The van der Waals surface area contributed by atoms with Crippen LogP contribution in [-0.2, 0) is 0 Å². The van der Waals surface area contributed by atoms with Gasteiger partial charge in [-0.05, 0) is 25.8 Å². The number of hydrogen-bond acceptors (Lipinski definition) is 3. The van der Waals surface area contributed by atoms with Crippen molar-refractivity contribution in [2.24, 2.45) is 4.99 Å². The molecular weight excluding hydrogens is 256 g/mol. The van der Waals surface area contributed by atoms with E-state index in [-0.39, 0.29) is 5.91 Å². The van der Waals surface area contributed by atoms with E-state index in [2.05, 4.69) is 27.9 Å². The molecule has 1 amide bonds. The van der Waals surface area contributed by atoms with Crippen molar-refractivity contribution in [1.82, 2.24) is 16.0 Å². The molecule has 6 nitrogen and oxygen atoms in total. The first-order valence-corrected chi connectivity index (χ1v) is 6.95. The van der Waals surface area contributed by atoms with E-state index in [1.165, 1.54) is 6.26 Å². The van der Waals surface area contributed by atoms with Crippen LogP contribution in [0.1, 0.15) is 35.9 Å². The zero-order valence-electron chi connectivity index (χ0n) is 12.5. The van der Waals surface area contributed by atoms with Gasteiger partial charge >= 0.3 is 0 Å². The highest BCUT2D eigenvalue weighted by Crippen LogP contribution is 2.07. The molecule has 0 aromatic carbocycles. The van der Waals surface area contributed by atoms with Crippen LogP contribution in [0.25, 0.3) is 0 Å². The van der Waals surface area contributed by atoms with Crippen LogP contribution in [0, 0.1) is 6.92 Å². The topological polar surface area (TPSA) is 78.7 Å². The zero-order chi connectivity index (χ0) is 14.8. The first kappa shape index (κ1) is 16.1. The van der Waals surface area contributed by atoms with Crippen molar-refractivity contribution in [1.29, 1.82) is 0 Å². The average molecular weight is 280 g/mol. The van der Waals surface area contributed by atoms with Gasteiger partial charge in [0.1, 0.15) is 0 Å².